The van der Waals surface area contributed by atoms with Crippen LogP contribution >= 0.6 is 0 Å². The van der Waals surface area contributed by atoms with Crippen LogP contribution < -0.4 is 122 Å². The molecule has 1 aromatic carbocycles. The average Bonchev–Trinajstić information content (AvgIpc) is 2.85. The van der Waals surface area contributed by atoms with Crippen LogP contribution in [0.3, 0.4) is 0 Å². The number of rotatable bonds is 15. The Morgan fingerprint density at radius 1 is 0.946 bits per heavy atom. The zero-order valence-electron chi connectivity index (χ0n) is 22.6. The van der Waals surface area contributed by atoms with E-state index in [1.807, 2.05) is 14.0 Å². The van der Waals surface area contributed by atoms with Gasteiger partial charge in [-0.2, -0.15) is 0 Å². The Balaban J connectivity index is 0.00000648. The molecule has 0 saturated carbocycles. The number of carbonyl (C=O) groups excluding carboxylic acids is 4. The molecule has 37 heavy (non-hydrogen) atoms. The van der Waals surface area contributed by atoms with E-state index in [9.17, 15) is 19.2 Å². The molecule has 11 heteroatoms. The van der Waals surface area contributed by atoms with Crippen molar-refractivity contribution in [1.82, 2.24) is 5.32 Å². The minimum atomic E-state index is -0.597. The van der Waals surface area contributed by atoms with Gasteiger partial charge in [-0.3, -0.25) is 9.59 Å². The Bertz CT molecular complexity index is 906. The first-order chi connectivity index (χ1) is 16.9. The third-order valence-corrected chi connectivity index (χ3v) is 5.40. The van der Waals surface area contributed by atoms with E-state index in [1.165, 1.54) is 0 Å². The number of amides is 2. The topological polar surface area (TPSA) is 127 Å². The summed E-state index contributed by atoms with van der Waals surface area (Å²) >= 11 is 0. The number of allylic oxidation sites excluding steroid dienone is 2. The zero-order chi connectivity index (χ0) is 25.5. The molecule has 0 aromatic heterocycles. The number of nitrogens with zero attached hydrogens (tertiary/aromatic N) is 2. The summed E-state index contributed by atoms with van der Waals surface area (Å²) in [6.45, 7) is 2.98. The summed E-state index contributed by atoms with van der Waals surface area (Å²) in [6, 6.07) is 6.50. The third kappa shape index (κ3) is 15.1. The minimum Gasteiger partial charge on any atom is -0.651 e. The fourth-order valence-electron chi connectivity index (χ4n) is 3.62. The van der Waals surface area contributed by atoms with Crippen LogP contribution in [0.1, 0.15) is 68.6 Å². The molecule has 1 N–H and O–H groups in total. The van der Waals surface area contributed by atoms with Crippen LogP contribution in [0.5, 0.6) is 0 Å². The summed E-state index contributed by atoms with van der Waals surface area (Å²) < 4.78 is 10.3. The first kappa shape index (κ1) is 37.4. The van der Waals surface area contributed by atoms with E-state index in [4.69, 9.17) is 9.47 Å². The molecule has 0 radical (unpaired) electrons. The summed E-state index contributed by atoms with van der Waals surface area (Å²) in [5, 5.41) is 10.8. The van der Waals surface area contributed by atoms with Crippen molar-refractivity contribution in [3.05, 3.63) is 51.7 Å². The maximum absolute atomic E-state index is 12.8. The van der Waals surface area contributed by atoms with Gasteiger partial charge in [0.25, 0.3) is 0 Å². The number of ketones is 1. The van der Waals surface area contributed by atoms with Crippen LogP contribution in [0.4, 0.5) is 5.69 Å². The predicted octanol–water partition coefficient (Wildman–Crippen LogP) is -1.50. The molecule has 0 saturated heterocycles. The molecule has 0 fully saturated rings. The van der Waals surface area contributed by atoms with Gasteiger partial charge in [0.1, 0.15) is 0 Å². The van der Waals surface area contributed by atoms with Crippen molar-refractivity contribution >= 4 is 29.3 Å². The Morgan fingerprint density at radius 2 is 1.65 bits per heavy atom. The summed E-state index contributed by atoms with van der Waals surface area (Å²) in [5.74, 6) is -1.39. The molecular formula is C26H35N3O6Rb2. The van der Waals surface area contributed by atoms with Crippen molar-refractivity contribution in [1.29, 1.82) is 0 Å². The molecule has 0 aliphatic heterocycles. The van der Waals surface area contributed by atoms with Crippen LogP contribution in [0, 0.1) is 0 Å². The molecule has 1 aliphatic rings. The quantitative estimate of drug-likeness (QED) is 0.105. The normalized spacial score (nSPS) is 12.5. The Kier molecular flexibility index (Phi) is 22.4. The van der Waals surface area contributed by atoms with Gasteiger partial charge < -0.3 is 35.0 Å². The molecule has 0 spiro atoms. The Labute approximate surface area is 317 Å². The monoisotopic (exact) mass is 655 g/mol. The van der Waals surface area contributed by atoms with Gasteiger partial charge in [0.2, 0.25) is 0 Å². The van der Waals surface area contributed by atoms with Gasteiger partial charge in [0, 0.05) is 56.4 Å². The number of benzene rings is 1. The summed E-state index contributed by atoms with van der Waals surface area (Å²) in [5.41, 5.74) is 2.73. The van der Waals surface area contributed by atoms with Crippen LogP contribution in [0.15, 0.2) is 35.5 Å². The van der Waals surface area contributed by atoms with E-state index in [-0.39, 0.29) is 141 Å². The molecule has 0 heterocycles. The fourth-order valence-corrected chi connectivity index (χ4v) is 3.62. The van der Waals surface area contributed by atoms with E-state index in [0.29, 0.717) is 37.3 Å². The maximum Gasteiger partial charge on any atom is 1.00 e. The van der Waals surface area contributed by atoms with Gasteiger partial charge in [0.05, 0.1) is 18.4 Å². The van der Waals surface area contributed by atoms with E-state index >= 15 is 0 Å². The van der Waals surface area contributed by atoms with Gasteiger partial charge in [0.15, 0.2) is 5.78 Å². The van der Waals surface area contributed by atoms with E-state index < -0.39 is 18.2 Å². The Hall–Kier alpha value is 0.410. The first-order valence-electron chi connectivity index (χ1n) is 12.2. The van der Waals surface area contributed by atoms with Gasteiger partial charge in [-0.25, -0.2) is 0 Å². The number of hydrogen-bond donors (Lipinski definition) is 1. The SMILES string of the molecule is CCCC(=O)OCCCOCC[N-]C(=O)CC(=O)[N-]c1ccc(C(=O)C2=C(NC)CCCC2)cc1.[Rb+].[Rb+]. The van der Waals surface area contributed by atoms with Crippen molar-refractivity contribution in [2.24, 2.45) is 0 Å². The van der Waals surface area contributed by atoms with Gasteiger partial charge in [-0.15, -0.1) is 12.2 Å². The molecule has 2 rings (SSSR count). The van der Waals surface area contributed by atoms with Gasteiger partial charge in [-0.05, 0) is 32.1 Å². The zero-order valence-corrected chi connectivity index (χ0v) is 32.5. The second-order valence-electron chi connectivity index (χ2n) is 8.18. The number of nitrogens with one attached hydrogen (secondary N) is 1. The minimum absolute atomic E-state index is 0. The maximum atomic E-state index is 12.8. The molecule has 2 amide bonds. The Morgan fingerprint density at radius 3 is 2.32 bits per heavy atom. The molecule has 9 nitrogen and oxygen atoms in total. The van der Waals surface area contributed by atoms with Crippen LogP contribution in [-0.2, 0) is 23.9 Å². The van der Waals surface area contributed by atoms with Crippen LogP contribution in [0.25, 0.3) is 10.6 Å². The molecule has 0 atom stereocenters. The van der Waals surface area contributed by atoms with Crippen LogP contribution in [-0.4, -0.2) is 57.0 Å². The fraction of sp³-hybridized carbons (Fsp3) is 0.538. The van der Waals surface area contributed by atoms with Gasteiger partial charge in [-0.1, -0.05) is 31.2 Å². The van der Waals surface area contributed by atoms with Crippen molar-refractivity contribution in [2.75, 3.05) is 33.4 Å². The molecular weight excluding hydrogens is 621 g/mol. The molecule has 0 unspecified atom stereocenters. The second-order valence-corrected chi connectivity index (χ2v) is 8.18. The predicted molar refractivity (Wildman–Crippen MR) is 133 cm³/mol. The van der Waals surface area contributed by atoms with Crippen molar-refractivity contribution in [2.45, 2.75) is 58.3 Å². The average molecular weight is 657 g/mol. The third-order valence-electron chi connectivity index (χ3n) is 5.40. The largest absolute Gasteiger partial charge is 1.00 e. The first-order valence-corrected chi connectivity index (χ1v) is 12.2. The molecule has 1 aliphatic carbocycles. The molecule has 1 aromatic rings. The summed E-state index contributed by atoms with van der Waals surface area (Å²) in [6.07, 6.45) is 5.01. The summed E-state index contributed by atoms with van der Waals surface area (Å²) in [4.78, 5) is 48.0. The number of esters is 1. The van der Waals surface area contributed by atoms with E-state index in [0.717, 1.165) is 43.4 Å². The number of ether oxygens (including phenoxy) is 2. The van der Waals surface area contributed by atoms with E-state index in [2.05, 4.69) is 16.0 Å². The number of Topliss-reactive ketones (excluding diaryl/α,β-unsaturated/α-hetero) is 1. The second kappa shape index (κ2) is 22.1. The van der Waals surface area contributed by atoms with E-state index in [1.54, 1.807) is 24.3 Å². The molecule has 192 valence electrons. The van der Waals surface area contributed by atoms with Crippen LogP contribution in [0.2, 0.25) is 0 Å². The van der Waals surface area contributed by atoms with Crippen molar-refractivity contribution in [3.63, 3.8) is 0 Å². The smallest absolute Gasteiger partial charge is 0.651 e. The van der Waals surface area contributed by atoms with Crippen molar-refractivity contribution in [3.8, 4) is 0 Å². The summed E-state index contributed by atoms with van der Waals surface area (Å²) in [7, 11) is 1.83. The van der Waals surface area contributed by atoms with Crippen molar-refractivity contribution < 1.29 is 145 Å². The number of hydrogen-bond acceptors (Lipinski definition) is 7. The van der Waals surface area contributed by atoms with Gasteiger partial charge >= 0.3 is 122 Å². The standard InChI is InChI=1S/C26H37N3O6.2Rb/c1-3-7-25(32)35-16-6-15-34-17-14-28-23(30)18-24(31)29-20-12-10-19(11-13-20)26(33)21-8-4-5-9-22(21)27-2;;/h10-13H,3-9,14-18H2,1-2H3,(H3,27,28,29,30,31,33);;/q;2*+1/p-2. The molecule has 0 bridgehead atoms. The number of carbonyl (C=O) groups is 4.